The summed E-state index contributed by atoms with van der Waals surface area (Å²) in [6.45, 7) is 3.06. The summed E-state index contributed by atoms with van der Waals surface area (Å²) in [4.78, 5) is 40.6. The number of aryl methyl sites for hydroxylation is 1. The van der Waals surface area contributed by atoms with E-state index in [4.69, 9.17) is 0 Å². The highest BCUT2D eigenvalue weighted by molar-refractivity contribution is 9.10. The fourth-order valence-corrected chi connectivity index (χ4v) is 5.45. The molecular formula is C27H32BrN3O3. The van der Waals surface area contributed by atoms with Crippen LogP contribution in [0.25, 0.3) is 0 Å². The Morgan fingerprint density at radius 1 is 0.824 bits per heavy atom. The van der Waals surface area contributed by atoms with Gasteiger partial charge in [-0.2, -0.15) is 0 Å². The molecular weight excluding hydrogens is 494 g/mol. The number of benzene rings is 2. The van der Waals surface area contributed by atoms with E-state index in [0.29, 0.717) is 37.1 Å². The molecule has 1 saturated carbocycles. The Hall–Kier alpha value is -2.67. The number of nitrogens with zero attached hydrogens (tertiary/aromatic N) is 1. The monoisotopic (exact) mass is 525 g/mol. The molecule has 0 radical (unpaired) electrons. The first-order valence-corrected chi connectivity index (χ1v) is 12.9. The van der Waals surface area contributed by atoms with E-state index in [2.05, 4.69) is 26.6 Å². The van der Waals surface area contributed by atoms with Crippen LogP contribution in [0.3, 0.4) is 0 Å². The van der Waals surface area contributed by atoms with Gasteiger partial charge in [-0.15, -0.1) is 0 Å². The van der Waals surface area contributed by atoms with Crippen molar-refractivity contribution in [1.29, 1.82) is 0 Å². The molecule has 4 rings (SSSR count). The maximum absolute atomic E-state index is 13.1. The molecule has 2 N–H and O–H groups in total. The lowest BCUT2D eigenvalue weighted by molar-refractivity contribution is -0.127. The van der Waals surface area contributed by atoms with Gasteiger partial charge >= 0.3 is 0 Å². The van der Waals surface area contributed by atoms with Crippen LogP contribution in [0.1, 0.15) is 64.8 Å². The van der Waals surface area contributed by atoms with Crippen LogP contribution in [-0.2, 0) is 4.79 Å². The van der Waals surface area contributed by atoms with Gasteiger partial charge in [-0.25, -0.2) is 0 Å². The van der Waals surface area contributed by atoms with Crippen molar-refractivity contribution in [2.45, 2.75) is 57.5 Å². The number of carbonyl (C=O) groups is 3. The Morgan fingerprint density at radius 2 is 1.41 bits per heavy atom. The molecule has 2 aromatic carbocycles. The molecule has 2 aliphatic rings. The van der Waals surface area contributed by atoms with Gasteiger partial charge in [0.25, 0.3) is 11.8 Å². The second-order valence-electron chi connectivity index (χ2n) is 9.34. The molecule has 0 aromatic heterocycles. The second-order valence-corrected chi connectivity index (χ2v) is 10.2. The summed E-state index contributed by atoms with van der Waals surface area (Å²) in [6.07, 6.45) is 5.11. The molecule has 0 bridgehead atoms. The van der Waals surface area contributed by atoms with Crippen molar-refractivity contribution in [1.82, 2.24) is 15.5 Å². The minimum atomic E-state index is -0.113. The number of rotatable bonds is 5. The quantitative estimate of drug-likeness (QED) is 0.604. The van der Waals surface area contributed by atoms with Gasteiger partial charge in [0, 0.05) is 41.1 Å². The maximum atomic E-state index is 13.1. The first-order valence-electron chi connectivity index (χ1n) is 12.1. The minimum Gasteiger partial charge on any atom is -0.351 e. The molecule has 2 atom stereocenters. The Labute approximate surface area is 209 Å². The number of halogens is 1. The highest BCUT2D eigenvalue weighted by Gasteiger charge is 2.33. The zero-order chi connectivity index (χ0) is 24.1. The van der Waals surface area contributed by atoms with Gasteiger partial charge in [-0.05, 0) is 72.3 Å². The van der Waals surface area contributed by atoms with Gasteiger partial charge < -0.3 is 15.5 Å². The Kier molecular flexibility index (Phi) is 8.03. The molecule has 0 unspecified atom stereocenters. The number of hydrogen-bond donors (Lipinski definition) is 2. The highest BCUT2D eigenvalue weighted by atomic mass is 79.9. The molecule has 2 fully saturated rings. The normalized spacial score (nSPS) is 21.1. The van der Waals surface area contributed by atoms with Crippen molar-refractivity contribution in [3.8, 4) is 0 Å². The van der Waals surface area contributed by atoms with Crippen molar-refractivity contribution in [2.24, 2.45) is 5.92 Å². The average molecular weight is 526 g/mol. The zero-order valence-corrected chi connectivity index (χ0v) is 21.1. The van der Waals surface area contributed by atoms with Crippen LogP contribution >= 0.6 is 15.9 Å². The van der Waals surface area contributed by atoms with Gasteiger partial charge in [0.15, 0.2) is 0 Å². The second kappa shape index (κ2) is 11.2. The number of piperidine rings is 1. The molecule has 3 amide bonds. The van der Waals surface area contributed by atoms with Crippen molar-refractivity contribution in [3.63, 3.8) is 0 Å². The summed E-state index contributed by atoms with van der Waals surface area (Å²) in [5.41, 5.74) is 2.28. The fourth-order valence-electron chi connectivity index (χ4n) is 5.00. The van der Waals surface area contributed by atoms with Gasteiger partial charge in [0.1, 0.15) is 0 Å². The summed E-state index contributed by atoms with van der Waals surface area (Å²) in [5.74, 6) is -0.159. The molecule has 34 heavy (non-hydrogen) atoms. The van der Waals surface area contributed by atoms with E-state index in [1.54, 1.807) is 0 Å². The average Bonchev–Trinajstić information content (AvgIpc) is 2.85. The van der Waals surface area contributed by atoms with E-state index in [9.17, 15) is 14.4 Å². The third-order valence-corrected chi connectivity index (χ3v) is 7.75. The van der Waals surface area contributed by atoms with Crippen molar-refractivity contribution in [2.75, 3.05) is 13.1 Å². The summed E-state index contributed by atoms with van der Waals surface area (Å²) in [5, 5.41) is 6.40. The number of amides is 3. The predicted octanol–water partition coefficient (Wildman–Crippen LogP) is 4.47. The van der Waals surface area contributed by atoms with Gasteiger partial charge in [-0.1, -0.05) is 43.2 Å². The molecule has 7 heteroatoms. The molecule has 1 aliphatic carbocycles. The zero-order valence-electron chi connectivity index (χ0n) is 19.6. The van der Waals surface area contributed by atoms with Gasteiger partial charge in [0.2, 0.25) is 5.91 Å². The number of likely N-dealkylation sites (tertiary alicyclic amines) is 1. The third kappa shape index (κ3) is 5.69. The van der Waals surface area contributed by atoms with Crippen LogP contribution in [0, 0.1) is 12.8 Å². The van der Waals surface area contributed by atoms with Crippen LogP contribution in [0.5, 0.6) is 0 Å². The van der Waals surface area contributed by atoms with E-state index in [0.717, 1.165) is 35.7 Å². The molecule has 180 valence electrons. The number of nitrogens with one attached hydrogen (secondary N) is 2. The van der Waals surface area contributed by atoms with E-state index >= 15 is 0 Å². The summed E-state index contributed by atoms with van der Waals surface area (Å²) in [7, 11) is 0. The van der Waals surface area contributed by atoms with Crippen LogP contribution in [0.2, 0.25) is 0 Å². The minimum absolute atomic E-state index is 0.00223. The Balaban J connectivity index is 1.32. The van der Waals surface area contributed by atoms with Gasteiger partial charge in [-0.3, -0.25) is 14.4 Å². The Bertz CT molecular complexity index is 1050. The van der Waals surface area contributed by atoms with Crippen LogP contribution in [0.4, 0.5) is 0 Å². The Morgan fingerprint density at radius 3 is 2.06 bits per heavy atom. The highest BCUT2D eigenvalue weighted by Crippen LogP contribution is 2.25. The molecule has 2 aromatic rings. The lowest BCUT2D eigenvalue weighted by Crippen LogP contribution is -2.55. The first kappa shape index (κ1) is 24.5. The molecule has 0 spiro atoms. The number of carbonyl (C=O) groups excluding carboxylic acids is 3. The topological polar surface area (TPSA) is 78.5 Å². The molecule has 1 aliphatic heterocycles. The van der Waals surface area contributed by atoms with Crippen molar-refractivity contribution < 1.29 is 14.4 Å². The lowest BCUT2D eigenvalue weighted by atomic mass is 9.88. The SMILES string of the molecule is Cc1ccccc1C(=O)N[C@@H]1CCCC[C@H]1NC(=O)C1CCN(C(=O)c2ccccc2Br)CC1. The van der Waals surface area contributed by atoms with E-state index in [1.807, 2.05) is 60.4 Å². The molecule has 1 saturated heterocycles. The lowest BCUT2D eigenvalue weighted by Gasteiger charge is -2.36. The van der Waals surface area contributed by atoms with Crippen molar-refractivity contribution in [3.05, 3.63) is 69.7 Å². The third-order valence-electron chi connectivity index (χ3n) is 7.06. The number of hydrogen-bond acceptors (Lipinski definition) is 3. The van der Waals surface area contributed by atoms with Crippen LogP contribution in [-0.4, -0.2) is 47.8 Å². The largest absolute Gasteiger partial charge is 0.351 e. The summed E-state index contributed by atoms with van der Waals surface area (Å²) < 4.78 is 0.788. The smallest absolute Gasteiger partial charge is 0.254 e. The van der Waals surface area contributed by atoms with E-state index in [1.165, 1.54) is 0 Å². The summed E-state index contributed by atoms with van der Waals surface area (Å²) in [6, 6.07) is 14.9. The standard InChI is InChI=1S/C27H32BrN3O3/c1-18-8-2-3-9-20(18)26(33)30-24-13-7-6-12-23(24)29-25(32)19-14-16-31(17-15-19)27(34)21-10-4-5-11-22(21)28/h2-5,8-11,19,23-24H,6-7,12-17H2,1H3,(H,29,32)(H,30,33)/t23-,24-/m1/s1. The van der Waals surface area contributed by atoms with Crippen molar-refractivity contribution >= 4 is 33.7 Å². The van der Waals surface area contributed by atoms with Crippen LogP contribution < -0.4 is 10.6 Å². The van der Waals surface area contributed by atoms with Crippen LogP contribution in [0.15, 0.2) is 53.0 Å². The summed E-state index contributed by atoms with van der Waals surface area (Å²) >= 11 is 3.45. The molecule has 1 heterocycles. The first-order chi connectivity index (χ1) is 16.4. The van der Waals surface area contributed by atoms with E-state index < -0.39 is 0 Å². The van der Waals surface area contributed by atoms with Gasteiger partial charge in [0.05, 0.1) is 5.56 Å². The maximum Gasteiger partial charge on any atom is 0.254 e. The molecule has 6 nitrogen and oxygen atoms in total. The van der Waals surface area contributed by atoms with E-state index in [-0.39, 0.29) is 35.7 Å². The predicted molar refractivity (Wildman–Crippen MR) is 136 cm³/mol. The fraction of sp³-hybridized carbons (Fsp3) is 0.444.